The Hall–Kier alpha value is -2.25. The first kappa shape index (κ1) is 14.2. The molecule has 0 bridgehead atoms. The second kappa shape index (κ2) is 6.27. The highest BCUT2D eigenvalue weighted by Crippen LogP contribution is 2.29. The highest BCUT2D eigenvalue weighted by atomic mass is 35.5. The van der Waals surface area contributed by atoms with Crippen LogP contribution in [0.15, 0.2) is 36.4 Å². The fraction of sp³-hybridized carbons (Fsp3) is 0.133. The molecular weight excluding hydrogens is 279 g/mol. The average molecular weight is 291 g/mol. The molecule has 0 radical (unpaired) electrons. The van der Waals surface area contributed by atoms with Crippen LogP contribution in [-0.2, 0) is 6.54 Å². The Morgan fingerprint density at radius 3 is 2.75 bits per heavy atom. The molecule has 0 aliphatic heterocycles. The van der Waals surface area contributed by atoms with Crippen molar-refractivity contribution in [3.05, 3.63) is 58.4 Å². The lowest BCUT2D eigenvalue weighted by Crippen LogP contribution is -2.05. The standard InChI is InChI=1S/C15H12ClFN2O/c1-20-13-7-3-4-10(8-18)15(13)19-9-11-5-2-6-12(16)14(11)17/h2-7,19H,9H2,1H3. The van der Waals surface area contributed by atoms with Crippen LogP contribution in [0.1, 0.15) is 11.1 Å². The van der Waals surface area contributed by atoms with Gasteiger partial charge in [0.2, 0.25) is 0 Å². The van der Waals surface area contributed by atoms with Gasteiger partial charge >= 0.3 is 0 Å². The number of ether oxygens (including phenoxy) is 1. The Labute approximate surface area is 121 Å². The molecule has 20 heavy (non-hydrogen) atoms. The van der Waals surface area contributed by atoms with Crippen molar-refractivity contribution in [2.75, 3.05) is 12.4 Å². The monoisotopic (exact) mass is 290 g/mol. The summed E-state index contributed by atoms with van der Waals surface area (Å²) in [6.45, 7) is 0.210. The van der Waals surface area contributed by atoms with Crippen molar-refractivity contribution >= 4 is 17.3 Å². The quantitative estimate of drug-likeness (QED) is 0.926. The largest absolute Gasteiger partial charge is 0.495 e. The van der Waals surface area contributed by atoms with Crippen molar-refractivity contribution in [1.82, 2.24) is 0 Å². The number of hydrogen-bond donors (Lipinski definition) is 1. The van der Waals surface area contributed by atoms with E-state index in [4.69, 9.17) is 21.6 Å². The molecule has 2 rings (SSSR count). The zero-order chi connectivity index (χ0) is 14.5. The first-order valence-corrected chi connectivity index (χ1v) is 6.29. The fourth-order valence-corrected chi connectivity index (χ4v) is 2.04. The van der Waals surface area contributed by atoms with Gasteiger partial charge in [0.25, 0.3) is 0 Å². The second-order valence-corrected chi connectivity index (χ2v) is 4.47. The Morgan fingerprint density at radius 1 is 1.30 bits per heavy atom. The molecule has 0 atom stereocenters. The molecule has 0 saturated heterocycles. The summed E-state index contributed by atoms with van der Waals surface area (Å²) in [6.07, 6.45) is 0. The number of hydrogen-bond acceptors (Lipinski definition) is 3. The van der Waals surface area contributed by atoms with E-state index in [-0.39, 0.29) is 11.6 Å². The van der Waals surface area contributed by atoms with Gasteiger partial charge in [0.05, 0.1) is 23.4 Å². The van der Waals surface area contributed by atoms with Gasteiger partial charge in [-0.3, -0.25) is 0 Å². The van der Waals surface area contributed by atoms with Gasteiger partial charge in [-0.15, -0.1) is 0 Å². The van der Waals surface area contributed by atoms with E-state index in [2.05, 4.69) is 11.4 Å². The molecular formula is C15H12ClFN2O. The van der Waals surface area contributed by atoms with Gasteiger partial charge in [-0.2, -0.15) is 5.26 Å². The van der Waals surface area contributed by atoms with Crippen molar-refractivity contribution in [1.29, 1.82) is 5.26 Å². The molecule has 0 heterocycles. The summed E-state index contributed by atoms with van der Waals surface area (Å²) in [5, 5.41) is 12.2. The summed E-state index contributed by atoms with van der Waals surface area (Å²) >= 11 is 5.73. The van der Waals surface area contributed by atoms with E-state index in [1.165, 1.54) is 13.2 Å². The predicted molar refractivity (Wildman–Crippen MR) is 76.4 cm³/mol. The van der Waals surface area contributed by atoms with Crippen LogP contribution >= 0.6 is 11.6 Å². The first-order valence-electron chi connectivity index (χ1n) is 5.91. The van der Waals surface area contributed by atoms with Crippen LogP contribution in [0.4, 0.5) is 10.1 Å². The highest BCUT2D eigenvalue weighted by Gasteiger charge is 2.10. The number of nitrogens with one attached hydrogen (secondary N) is 1. The summed E-state index contributed by atoms with van der Waals surface area (Å²) < 4.78 is 19.0. The van der Waals surface area contributed by atoms with E-state index in [1.807, 2.05) is 0 Å². The third-order valence-corrected chi connectivity index (χ3v) is 3.15. The van der Waals surface area contributed by atoms with Crippen LogP contribution in [0.2, 0.25) is 5.02 Å². The Bertz CT molecular complexity index is 667. The number of anilines is 1. The number of halogens is 2. The third kappa shape index (κ3) is 2.84. The van der Waals surface area contributed by atoms with Gasteiger partial charge in [0.1, 0.15) is 17.6 Å². The molecule has 0 aromatic heterocycles. The summed E-state index contributed by atoms with van der Waals surface area (Å²) in [7, 11) is 1.52. The van der Waals surface area contributed by atoms with Crippen LogP contribution < -0.4 is 10.1 Å². The molecule has 0 aliphatic carbocycles. The number of para-hydroxylation sites is 1. The minimum atomic E-state index is -0.463. The summed E-state index contributed by atoms with van der Waals surface area (Å²) in [6, 6.07) is 12.0. The Morgan fingerprint density at radius 2 is 2.05 bits per heavy atom. The Balaban J connectivity index is 2.27. The number of nitrogens with zero attached hydrogens (tertiary/aromatic N) is 1. The van der Waals surface area contributed by atoms with E-state index >= 15 is 0 Å². The van der Waals surface area contributed by atoms with Gasteiger partial charge in [-0.1, -0.05) is 29.8 Å². The van der Waals surface area contributed by atoms with Crippen molar-refractivity contribution in [3.63, 3.8) is 0 Å². The first-order chi connectivity index (χ1) is 9.67. The summed E-state index contributed by atoms with van der Waals surface area (Å²) in [4.78, 5) is 0. The molecule has 2 aromatic rings. The van der Waals surface area contributed by atoms with Crippen molar-refractivity contribution in [3.8, 4) is 11.8 Å². The van der Waals surface area contributed by atoms with E-state index in [1.54, 1.807) is 30.3 Å². The lowest BCUT2D eigenvalue weighted by atomic mass is 10.1. The average Bonchev–Trinajstić information content (AvgIpc) is 2.48. The minimum absolute atomic E-state index is 0.0739. The van der Waals surface area contributed by atoms with Crippen LogP contribution in [0.3, 0.4) is 0 Å². The van der Waals surface area contributed by atoms with Crippen molar-refractivity contribution in [2.24, 2.45) is 0 Å². The smallest absolute Gasteiger partial charge is 0.146 e. The number of rotatable bonds is 4. The van der Waals surface area contributed by atoms with Crippen LogP contribution in [0.5, 0.6) is 5.75 Å². The van der Waals surface area contributed by atoms with Gasteiger partial charge < -0.3 is 10.1 Å². The number of benzene rings is 2. The summed E-state index contributed by atoms with van der Waals surface area (Å²) in [5.41, 5.74) is 1.40. The van der Waals surface area contributed by atoms with Crippen LogP contribution in [0.25, 0.3) is 0 Å². The van der Waals surface area contributed by atoms with Crippen LogP contribution in [-0.4, -0.2) is 7.11 Å². The lowest BCUT2D eigenvalue weighted by molar-refractivity contribution is 0.416. The van der Waals surface area contributed by atoms with Gasteiger partial charge in [-0.05, 0) is 18.2 Å². The molecule has 0 unspecified atom stereocenters. The molecule has 0 spiro atoms. The zero-order valence-electron chi connectivity index (χ0n) is 10.8. The van der Waals surface area contributed by atoms with E-state index in [9.17, 15) is 4.39 Å². The number of nitriles is 1. The normalized spacial score (nSPS) is 9.90. The molecule has 1 N–H and O–H groups in total. The van der Waals surface area contributed by atoms with Crippen molar-refractivity contribution in [2.45, 2.75) is 6.54 Å². The highest BCUT2D eigenvalue weighted by molar-refractivity contribution is 6.30. The Kier molecular flexibility index (Phi) is 4.44. The van der Waals surface area contributed by atoms with Gasteiger partial charge in [-0.25, -0.2) is 4.39 Å². The molecule has 5 heteroatoms. The van der Waals surface area contributed by atoms with E-state index < -0.39 is 5.82 Å². The van der Waals surface area contributed by atoms with Crippen LogP contribution in [0, 0.1) is 17.1 Å². The molecule has 0 aliphatic rings. The molecule has 3 nitrogen and oxygen atoms in total. The SMILES string of the molecule is COc1cccc(C#N)c1NCc1cccc(Cl)c1F. The fourth-order valence-electron chi connectivity index (χ4n) is 1.85. The lowest BCUT2D eigenvalue weighted by Gasteiger charge is -2.13. The molecule has 0 fully saturated rings. The maximum atomic E-state index is 13.8. The van der Waals surface area contributed by atoms with Gasteiger partial charge in [0.15, 0.2) is 0 Å². The van der Waals surface area contributed by atoms with E-state index in [0.29, 0.717) is 22.6 Å². The molecule has 102 valence electrons. The topological polar surface area (TPSA) is 45.0 Å². The van der Waals surface area contributed by atoms with E-state index in [0.717, 1.165) is 0 Å². The zero-order valence-corrected chi connectivity index (χ0v) is 11.5. The second-order valence-electron chi connectivity index (χ2n) is 4.06. The number of methoxy groups -OCH3 is 1. The van der Waals surface area contributed by atoms with Crippen molar-refractivity contribution < 1.29 is 9.13 Å². The minimum Gasteiger partial charge on any atom is -0.495 e. The molecule has 2 aromatic carbocycles. The summed E-state index contributed by atoms with van der Waals surface area (Å²) in [5.74, 6) is 0.0709. The molecule has 0 saturated carbocycles. The van der Waals surface area contributed by atoms with Gasteiger partial charge in [0, 0.05) is 12.1 Å². The molecule has 0 amide bonds. The predicted octanol–water partition coefficient (Wildman–Crippen LogP) is 3.97. The maximum Gasteiger partial charge on any atom is 0.146 e. The maximum absolute atomic E-state index is 13.8. The third-order valence-electron chi connectivity index (χ3n) is 2.85.